The Morgan fingerprint density at radius 3 is 2.80 bits per heavy atom. The number of nitrogens with zero attached hydrogens (tertiary/aromatic N) is 1. The van der Waals surface area contributed by atoms with Gasteiger partial charge in [0.1, 0.15) is 0 Å². The molecule has 2 aliphatic heterocycles. The van der Waals surface area contributed by atoms with Gasteiger partial charge in [-0.3, -0.25) is 4.79 Å². The fourth-order valence-electron chi connectivity index (χ4n) is 3.01. The van der Waals surface area contributed by atoms with Crippen molar-refractivity contribution in [2.45, 2.75) is 51.2 Å². The minimum absolute atomic E-state index is 0.0208. The van der Waals surface area contributed by atoms with Crippen molar-refractivity contribution in [1.82, 2.24) is 10.2 Å². The summed E-state index contributed by atoms with van der Waals surface area (Å²) in [6.07, 6.45) is 4.40. The van der Waals surface area contributed by atoms with Gasteiger partial charge >= 0.3 is 12.0 Å². The number of carboxylic acids is 1. The molecule has 0 spiro atoms. The predicted octanol–water partition coefficient (Wildman–Crippen LogP) is 1.45. The first-order valence-electron chi connectivity index (χ1n) is 7.47. The Balaban J connectivity index is 1.70. The molecule has 2 N–H and O–H groups in total. The van der Waals surface area contributed by atoms with Crippen LogP contribution in [0.3, 0.4) is 0 Å². The van der Waals surface area contributed by atoms with E-state index in [1.54, 1.807) is 4.90 Å². The van der Waals surface area contributed by atoms with Crippen LogP contribution in [0, 0.1) is 5.92 Å². The van der Waals surface area contributed by atoms with E-state index in [0.717, 1.165) is 25.9 Å². The summed E-state index contributed by atoms with van der Waals surface area (Å²) in [4.78, 5) is 24.8. The topological polar surface area (TPSA) is 78.9 Å². The van der Waals surface area contributed by atoms with Crippen LogP contribution in [-0.4, -0.2) is 53.8 Å². The van der Waals surface area contributed by atoms with Crippen molar-refractivity contribution in [2.24, 2.45) is 5.92 Å². The van der Waals surface area contributed by atoms with Crippen molar-refractivity contribution < 1.29 is 19.4 Å². The van der Waals surface area contributed by atoms with Gasteiger partial charge in [0.2, 0.25) is 0 Å². The third-order valence-electron chi connectivity index (χ3n) is 4.25. The van der Waals surface area contributed by atoms with Gasteiger partial charge in [0.15, 0.2) is 0 Å². The maximum absolute atomic E-state index is 12.1. The van der Waals surface area contributed by atoms with E-state index in [2.05, 4.69) is 5.32 Å². The number of ether oxygens (including phenoxy) is 1. The Hall–Kier alpha value is -1.30. The van der Waals surface area contributed by atoms with E-state index in [1.165, 1.54) is 0 Å². The van der Waals surface area contributed by atoms with Crippen molar-refractivity contribution in [3.8, 4) is 0 Å². The number of hydrogen-bond acceptors (Lipinski definition) is 3. The smallest absolute Gasteiger partial charge is 0.317 e. The van der Waals surface area contributed by atoms with Crippen molar-refractivity contribution in [1.29, 1.82) is 0 Å². The molecule has 3 atom stereocenters. The summed E-state index contributed by atoms with van der Waals surface area (Å²) in [6, 6.07) is -0.105. The van der Waals surface area contributed by atoms with Crippen LogP contribution in [-0.2, 0) is 9.53 Å². The number of carbonyl (C=O) groups is 2. The van der Waals surface area contributed by atoms with Gasteiger partial charge in [-0.2, -0.15) is 0 Å². The molecule has 114 valence electrons. The number of amides is 2. The Morgan fingerprint density at radius 1 is 1.40 bits per heavy atom. The first-order chi connectivity index (χ1) is 9.58. The fourth-order valence-corrected chi connectivity index (χ4v) is 3.01. The van der Waals surface area contributed by atoms with Crippen LogP contribution in [0.25, 0.3) is 0 Å². The maximum atomic E-state index is 12.1. The Labute approximate surface area is 119 Å². The van der Waals surface area contributed by atoms with E-state index in [9.17, 15) is 9.59 Å². The molecule has 2 heterocycles. The first-order valence-corrected chi connectivity index (χ1v) is 7.47. The number of aliphatic carboxylic acids is 1. The van der Waals surface area contributed by atoms with Crippen molar-refractivity contribution in [2.75, 3.05) is 19.7 Å². The van der Waals surface area contributed by atoms with Crippen molar-refractivity contribution >= 4 is 12.0 Å². The summed E-state index contributed by atoms with van der Waals surface area (Å²) in [6.45, 7) is 3.88. The third-order valence-corrected chi connectivity index (χ3v) is 4.25. The summed E-state index contributed by atoms with van der Waals surface area (Å²) in [5.74, 6) is -1.07. The fraction of sp³-hybridized carbons (Fsp3) is 0.857. The molecular weight excluding hydrogens is 260 g/mol. The number of urea groups is 1. The minimum Gasteiger partial charge on any atom is -0.481 e. The van der Waals surface area contributed by atoms with E-state index in [1.807, 2.05) is 6.92 Å². The average molecular weight is 284 g/mol. The zero-order valence-electron chi connectivity index (χ0n) is 12.0. The molecule has 3 unspecified atom stereocenters. The van der Waals surface area contributed by atoms with E-state index >= 15 is 0 Å². The molecule has 2 fully saturated rings. The summed E-state index contributed by atoms with van der Waals surface area (Å²) in [5, 5.41) is 11.9. The highest BCUT2D eigenvalue weighted by atomic mass is 16.5. The van der Waals surface area contributed by atoms with E-state index < -0.39 is 5.97 Å². The standard InChI is InChI=1S/C14H24N2O4/c1-10-9-11(13(17)18)5-7-16(10)14(19)15-6-4-12-3-2-8-20-12/h10-12H,2-9H2,1H3,(H,15,19)(H,17,18). The molecule has 0 aromatic carbocycles. The lowest BCUT2D eigenvalue weighted by atomic mass is 9.92. The van der Waals surface area contributed by atoms with Gasteiger partial charge in [-0.05, 0) is 39.0 Å². The molecule has 6 heteroatoms. The van der Waals surface area contributed by atoms with Crippen LogP contribution >= 0.6 is 0 Å². The number of likely N-dealkylation sites (tertiary alicyclic amines) is 1. The third kappa shape index (κ3) is 3.85. The Morgan fingerprint density at radius 2 is 2.20 bits per heavy atom. The number of nitrogens with one attached hydrogen (secondary N) is 1. The first kappa shape index (κ1) is 15.1. The molecule has 0 radical (unpaired) electrons. The van der Waals surface area contributed by atoms with Crippen LogP contribution in [0.15, 0.2) is 0 Å². The summed E-state index contributed by atoms with van der Waals surface area (Å²) in [5.41, 5.74) is 0. The average Bonchev–Trinajstić information content (AvgIpc) is 2.91. The number of carbonyl (C=O) groups excluding carboxylic acids is 1. The zero-order valence-corrected chi connectivity index (χ0v) is 12.0. The highest BCUT2D eigenvalue weighted by Crippen LogP contribution is 2.23. The highest BCUT2D eigenvalue weighted by Gasteiger charge is 2.32. The van der Waals surface area contributed by atoms with Crippen LogP contribution in [0.1, 0.15) is 39.0 Å². The van der Waals surface area contributed by atoms with Crippen LogP contribution in [0.4, 0.5) is 4.79 Å². The van der Waals surface area contributed by atoms with Gasteiger partial charge in [-0.1, -0.05) is 0 Å². The van der Waals surface area contributed by atoms with Gasteiger partial charge in [-0.25, -0.2) is 4.79 Å². The normalized spacial score (nSPS) is 30.2. The van der Waals surface area contributed by atoms with E-state index in [-0.39, 0.29) is 24.1 Å². The summed E-state index contributed by atoms with van der Waals surface area (Å²) in [7, 11) is 0. The van der Waals surface area contributed by atoms with Crippen LogP contribution in [0.2, 0.25) is 0 Å². The molecule has 0 aromatic heterocycles. The second kappa shape index (κ2) is 6.92. The zero-order chi connectivity index (χ0) is 14.5. The molecule has 0 saturated carbocycles. The number of rotatable bonds is 4. The Bertz CT molecular complexity index is 355. The van der Waals surface area contributed by atoms with Crippen molar-refractivity contribution in [3.63, 3.8) is 0 Å². The molecule has 0 bridgehead atoms. The van der Waals surface area contributed by atoms with Gasteiger partial charge in [0, 0.05) is 25.7 Å². The second-order valence-corrected chi connectivity index (χ2v) is 5.76. The predicted molar refractivity (Wildman–Crippen MR) is 73.5 cm³/mol. The largest absolute Gasteiger partial charge is 0.481 e. The molecule has 0 aliphatic carbocycles. The van der Waals surface area contributed by atoms with E-state index in [0.29, 0.717) is 25.9 Å². The SMILES string of the molecule is CC1CC(C(=O)O)CCN1C(=O)NCCC1CCCO1. The van der Waals surface area contributed by atoms with Crippen molar-refractivity contribution in [3.05, 3.63) is 0 Å². The van der Waals surface area contributed by atoms with Gasteiger partial charge in [0.25, 0.3) is 0 Å². The molecule has 6 nitrogen and oxygen atoms in total. The summed E-state index contributed by atoms with van der Waals surface area (Å²) >= 11 is 0. The lowest BCUT2D eigenvalue weighted by Gasteiger charge is -2.36. The maximum Gasteiger partial charge on any atom is 0.317 e. The van der Waals surface area contributed by atoms with Gasteiger partial charge in [-0.15, -0.1) is 0 Å². The molecule has 2 saturated heterocycles. The molecule has 2 rings (SSSR count). The van der Waals surface area contributed by atoms with E-state index in [4.69, 9.17) is 9.84 Å². The molecule has 2 amide bonds. The Kier molecular flexibility index (Phi) is 5.23. The van der Waals surface area contributed by atoms with Gasteiger partial charge < -0.3 is 20.1 Å². The van der Waals surface area contributed by atoms with Crippen LogP contribution < -0.4 is 5.32 Å². The number of piperidine rings is 1. The molecule has 0 aromatic rings. The number of carboxylic acid groups (broad SMARTS) is 1. The molecule has 20 heavy (non-hydrogen) atoms. The van der Waals surface area contributed by atoms with Crippen LogP contribution in [0.5, 0.6) is 0 Å². The minimum atomic E-state index is -0.754. The second-order valence-electron chi connectivity index (χ2n) is 5.76. The highest BCUT2D eigenvalue weighted by molar-refractivity contribution is 5.75. The number of hydrogen-bond donors (Lipinski definition) is 2. The van der Waals surface area contributed by atoms with Gasteiger partial charge in [0.05, 0.1) is 12.0 Å². The molecule has 2 aliphatic rings. The lowest BCUT2D eigenvalue weighted by Crippen LogP contribution is -2.50. The lowest BCUT2D eigenvalue weighted by molar-refractivity contribution is -0.143. The monoisotopic (exact) mass is 284 g/mol. The molecular formula is C14H24N2O4. The summed E-state index contributed by atoms with van der Waals surface area (Å²) < 4.78 is 5.51. The quantitative estimate of drug-likeness (QED) is 0.819.